The molecule has 3 rings (SSSR count). The molecule has 6 nitrogen and oxygen atoms in total. The van der Waals surface area contributed by atoms with Gasteiger partial charge in [0.25, 0.3) is 0 Å². The summed E-state index contributed by atoms with van der Waals surface area (Å²) in [6.07, 6.45) is 1.59. The third kappa shape index (κ3) is 4.68. The van der Waals surface area contributed by atoms with Gasteiger partial charge in [-0.05, 0) is 23.8 Å². The fourth-order valence-electron chi connectivity index (χ4n) is 2.13. The number of rotatable bonds is 5. The van der Waals surface area contributed by atoms with Gasteiger partial charge in [-0.25, -0.2) is 0 Å². The highest BCUT2D eigenvalue weighted by Crippen LogP contribution is 2.16. The summed E-state index contributed by atoms with van der Waals surface area (Å²) >= 11 is 1.32. The molecule has 1 saturated heterocycles. The first-order valence-electron chi connectivity index (χ1n) is 7.49. The Morgan fingerprint density at radius 2 is 2.16 bits per heavy atom. The second kappa shape index (κ2) is 8.13. The van der Waals surface area contributed by atoms with Gasteiger partial charge in [-0.15, -0.1) is 5.10 Å². The number of thioether (sulfide) groups is 1. The van der Waals surface area contributed by atoms with E-state index in [1.807, 2.05) is 42.5 Å². The smallest absolute Gasteiger partial charge is 0.236 e. The van der Waals surface area contributed by atoms with E-state index in [0.717, 1.165) is 11.1 Å². The standard InChI is InChI=1S/C18H14N4O2S/c19-9-14-5-1-2-6-15(14)11-24-16-7-3-4-13(8-16)10-20-22-18-21-17(23)12-25-18/h1-8,10H,11-12H2,(H,21,22,23). The molecule has 0 saturated carbocycles. The SMILES string of the molecule is N#Cc1ccccc1COc1cccc(C=NN=C2NC(=O)CS2)c1. The summed E-state index contributed by atoms with van der Waals surface area (Å²) in [6.45, 7) is 0.315. The van der Waals surface area contributed by atoms with E-state index in [0.29, 0.717) is 28.8 Å². The van der Waals surface area contributed by atoms with Gasteiger partial charge in [-0.1, -0.05) is 42.1 Å². The molecule has 2 aromatic rings. The predicted molar refractivity (Wildman–Crippen MR) is 97.6 cm³/mol. The molecule has 7 heteroatoms. The molecule has 1 heterocycles. The van der Waals surface area contributed by atoms with E-state index in [2.05, 4.69) is 21.6 Å². The molecule has 124 valence electrons. The zero-order valence-electron chi connectivity index (χ0n) is 13.2. The zero-order chi connectivity index (χ0) is 17.5. The van der Waals surface area contributed by atoms with E-state index in [-0.39, 0.29) is 5.91 Å². The third-order valence-electron chi connectivity index (χ3n) is 3.33. The van der Waals surface area contributed by atoms with Gasteiger partial charge in [0, 0.05) is 5.56 Å². The van der Waals surface area contributed by atoms with E-state index in [4.69, 9.17) is 10.00 Å². The quantitative estimate of drug-likeness (QED) is 0.663. The highest BCUT2D eigenvalue weighted by molar-refractivity contribution is 8.15. The topological polar surface area (TPSA) is 86.8 Å². The summed E-state index contributed by atoms with van der Waals surface area (Å²) in [6, 6.07) is 16.9. The van der Waals surface area contributed by atoms with Crippen LogP contribution in [0, 0.1) is 11.3 Å². The van der Waals surface area contributed by atoms with Crippen molar-refractivity contribution < 1.29 is 9.53 Å². The van der Waals surface area contributed by atoms with Crippen LogP contribution in [0.1, 0.15) is 16.7 Å². The van der Waals surface area contributed by atoms with Crippen LogP contribution < -0.4 is 10.1 Å². The van der Waals surface area contributed by atoms with Gasteiger partial charge in [0.15, 0.2) is 5.17 Å². The van der Waals surface area contributed by atoms with Gasteiger partial charge in [0.05, 0.1) is 23.6 Å². The van der Waals surface area contributed by atoms with Crippen molar-refractivity contribution >= 4 is 29.1 Å². The van der Waals surface area contributed by atoms with E-state index < -0.39 is 0 Å². The lowest BCUT2D eigenvalue weighted by Gasteiger charge is -2.08. The maximum atomic E-state index is 11.1. The molecule has 1 fully saturated rings. The Labute approximate surface area is 149 Å². The summed E-state index contributed by atoms with van der Waals surface area (Å²) in [5, 5.41) is 20.1. The molecule has 0 bridgehead atoms. The zero-order valence-corrected chi connectivity index (χ0v) is 14.0. The number of hydrogen-bond donors (Lipinski definition) is 1. The molecule has 25 heavy (non-hydrogen) atoms. The number of nitrogens with one attached hydrogen (secondary N) is 1. The maximum Gasteiger partial charge on any atom is 0.236 e. The van der Waals surface area contributed by atoms with E-state index in [1.54, 1.807) is 12.3 Å². The number of carbonyl (C=O) groups excluding carboxylic acids is 1. The molecule has 0 radical (unpaired) electrons. The molecule has 1 aliphatic heterocycles. The van der Waals surface area contributed by atoms with Crippen LogP contribution >= 0.6 is 11.8 Å². The Morgan fingerprint density at radius 3 is 2.96 bits per heavy atom. The summed E-state index contributed by atoms with van der Waals surface area (Å²) in [4.78, 5) is 11.1. The van der Waals surface area contributed by atoms with Crippen LogP contribution in [-0.2, 0) is 11.4 Å². The molecule has 2 aromatic carbocycles. The monoisotopic (exact) mass is 350 g/mol. The van der Waals surface area contributed by atoms with Crippen LogP contribution in [0.15, 0.2) is 58.7 Å². The number of ether oxygens (including phenoxy) is 1. The Hall–Kier alpha value is -3.11. The van der Waals surface area contributed by atoms with Crippen LogP contribution in [0.2, 0.25) is 0 Å². The highest BCUT2D eigenvalue weighted by atomic mass is 32.2. The average Bonchev–Trinajstić information content (AvgIpc) is 3.06. The first kappa shape index (κ1) is 16.7. The minimum atomic E-state index is -0.0630. The molecule has 0 unspecified atom stereocenters. The van der Waals surface area contributed by atoms with Crippen molar-refractivity contribution in [3.05, 3.63) is 65.2 Å². The van der Waals surface area contributed by atoms with Gasteiger partial charge >= 0.3 is 0 Å². The van der Waals surface area contributed by atoms with Crippen molar-refractivity contribution in [2.24, 2.45) is 10.2 Å². The van der Waals surface area contributed by atoms with Gasteiger partial charge in [-0.2, -0.15) is 10.4 Å². The van der Waals surface area contributed by atoms with Crippen LogP contribution in [0.3, 0.4) is 0 Å². The van der Waals surface area contributed by atoms with E-state index >= 15 is 0 Å². The fourth-order valence-corrected chi connectivity index (χ4v) is 2.76. The van der Waals surface area contributed by atoms with Gasteiger partial charge in [0.2, 0.25) is 5.91 Å². The van der Waals surface area contributed by atoms with Crippen LogP contribution in [-0.4, -0.2) is 23.0 Å². The molecule has 1 amide bonds. The van der Waals surface area contributed by atoms with Crippen molar-refractivity contribution in [2.45, 2.75) is 6.61 Å². The van der Waals surface area contributed by atoms with Gasteiger partial charge < -0.3 is 10.1 Å². The average molecular weight is 350 g/mol. The number of amides is 1. The molecule has 1 N–H and O–H groups in total. The van der Waals surface area contributed by atoms with E-state index in [1.165, 1.54) is 11.8 Å². The lowest BCUT2D eigenvalue weighted by molar-refractivity contribution is -0.116. The highest BCUT2D eigenvalue weighted by Gasteiger charge is 2.15. The largest absolute Gasteiger partial charge is 0.489 e. The van der Waals surface area contributed by atoms with Crippen molar-refractivity contribution in [1.82, 2.24) is 5.32 Å². The van der Waals surface area contributed by atoms with Crippen LogP contribution in [0.4, 0.5) is 0 Å². The molecule has 0 aliphatic carbocycles. The molecular weight excluding hydrogens is 336 g/mol. The minimum absolute atomic E-state index is 0.0630. The second-order valence-corrected chi connectivity index (χ2v) is 6.08. The molecule has 0 aromatic heterocycles. The lowest BCUT2D eigenvalue weighted by Crippen LogP contribution is -2.19. The summed E-state index contributed by atoms with van der Waals surface area (Å²) < 4.78 is 5.76. The maximum absolute atomic E-state index is 11.1. The normalized spacial score (nSPS) is 15.3. The Morgan fingerprint density at radius 1 is 1.28 bits per heavy atom. The number of carbonyl (C=O) groups is 1. The number of nitrogens with zero attached hydrogens (tertiary/aromatic N) is 3. The Kier molecular flexibility index (Phi) is 5.44. The lowest BCUT2D eigenvalue weighted by atomic mass is 10.1. The molecule has 0 atom stereocenters. The molecular formula is C18H14N4O2S. The number of hydrogen-bond acceptors (Lipinski definition) is 6. The van der Waals surface area contributed by atoms with E-state index in [9.17, 15) is 4.79 Å². The fraction of sp³-hybridized carbons (Fsp3) is 0.111. The molecule has 0 spiro atoms. The van der Waals surface area contributed by atoms with Crippen molar-refractivity contribution in [3.8, 4) is 11.8 Å². The summed E-state index contributed by atoms with van der Waals surface area (Å²) in [5.74, 6) is 0.988. The predicted octanol–water partition coefficient (Wildman–Crippen LogP) is 2.69. The number of benzene rings is 2. The summed E-state index contributed by atoms with van der Waals surface area (Å²) in [7, 11) is 0. The number of amidine groups is 1. The minimum Gasteiger partial charge on any atom is -0.489 e. The Bertz CT molecular complexity index is 887. The van der Waals surface area contributed by atoms with Crippen LogP contribution in [0.5, 0.6) is 5.75 Å². The van der Waals surface area contributed by atoms with Crippen molar-refractivity contribution in [2.75, 3.05) is 5.75 Å². The first-order chi connectivity index (χ1) is 12.2. The molecule has 1 aliphatic rings. The second-order valence-electron chi connectivity index (χ2n) is 5.12. The van der Waals surface area contributed by atoms with Crippen molar-refractivity contribution in [3.63, 3.8) is 0 Å². The Balaban J connectivity index is 1.63. The summed E-state index contributed by atoms with van der Waals surface area (Å²) in [5.41, 5.74) is 2.27. The van der Waals surface area contributed by atoms with Crippen LogP contribution in [0.25, 0.3) is 0 Å². The van der Waals surface area contributed by atoms with Gasteiger partial charge in [0.1, 0.15) is 12.4 Å². The third-order valence-corrected chi connectivity index (χ3v) is 4.20. The van der Waals surface area contributed by atoms with Gasteiger partial charge in [-0.3, -0.25) is 4.79 Å². The van der Waals surface area contributed by atoms with Crippen molar-refractivity contribution in [1.29, 1.82) is 5.26 Å². The number of nitriles is 1. The first-order valence-corrected chi connectivity index (χ1v) is 8.48.